The van der Waals surface area contributed by atoms with Gasteiger partial charge in [0.1, 0.15) is 4.88 Å². The van der Waals surface area contributed by atoms with Crippen molar-refractivity contribution in [3.8, 4) is 11.3 Å². The van der Waals surface area contributed by atoms with Gasteiger partial charge < -0.3 is 14.5 Å². The predicted molar refractivity (Wildman–Crippen MR) is 105 cm³/mol. The lowest BCUT2D eigenvalue weighted by Gasteiger charge is -2.27. The Hall–Kier alpha value is -1.92. The van der Waals surface area contributed by atoms with Crippen LogP contribution in [0.2, 0.25) is 0 Å². The third kappa shape index (κ3) is 3.62. The molecule has 0 bridgehead atoms. The van der Waals surface area contributed by atoms with E-state index in [9.17, 15) is 4.79 Å². The highest BCUT2D eigenvalue weighted by atomic mass is 32.1. The van der Waals surface area contributed by atoms with Crippen molar-refractivity contribution in [2.75, 3.05) is 44.3 Å². The molecule has 1 aromatic carbocycles. The maximum atomic E-state index is 13.2. The molecule has 2 aliphatic heterocycles. The number of aryl methyl sites for hydroxylation is 1. The van der Waals surface area contributed by atoms with E-state index in [4.69, 9.17) is 9.72 Å². The van der Waals surface area contributed by atoms with E-state index in [1.165, 1.54) is 24.8 Å². The molecule has 26 heavy (non-hydrogen) atoms. The molecular formula is C20H25N3O2S. The highest BCUT2D eigenvalue weighted by molar-refractivity contribution is 7.18. The summed E-state index contributed by atoms with van der Waals surface area (Å²) < 4.78 is 5.40. The van der Waals surface area contributed by atoms with Crippen molar-refractivity contribution < 1.29 is 9.53 Å². The fourth-order valence-electron chi connectivity index (χ4n) is 3.49. The van der Waals surface area contributed by atoms with E-state index >= 15 is 0 Å². The van der Waals surface area contributed by atoms with Gasteiger partial charge in [-0.2, -0.15) is 0 Å². The Kier molecular flexibility index (Phi) is 5.22. The van der Waals surface area contributed by atoms with Crippen LogP contribution in [0.5, 0.6) is 0 Å². The topological polar surface area (TPSA) is 45.7 Å². The van der Waals surface area contributed by atoms with Crippen molar-refractivity contribution in [1.29, 1.82) is 0 Å². The molecule has 6 heteroatoms. The van der Waals surface area contributed by atoms with Gasteiger partial charge in [-0.15, -0.1) is 0 Å². The molecule has 0 atom stereocenters. The normalized spacial score (nSPS) is 18.2. The van der Waals surface area contributed by atoms with E-state index in [1.807, 2.05) is 4.90 Å². The fraction of sp³-hybridized carbons (Fsp3) is 0.500. The lowest BCUT2D eigenvalue weighted by molar-refractivity contribution is 0.0306. The molecule has 2 aliphatic rings. The number of hydrogen-bond acceptors (Lipinski definition) is 5. The summed E-state index contributed by atoms with van der Waals surface area (Å²) in [5.41, 5.74) is 3.06. The van der Waals surface area contributed by atoms with Crippen LogP contribution in [-0.4, -0.2) is 55.2 Å². The molecule has 0 N–H and O–H groups in total. The summed E-state index contributed by atoms with van der Waals surface area (Å²) in [6.07, 6.45) is 3.69. The van der Waals surface area contributed by atoms with Crippen molar-refractivity contribution in [2.45, 2.75) is 26.2 Å². The number of anilines is 1. The number of amides is 1. The fourth-order valence-corrected chi connectivity index (χ4v) is 4.60. The largest absolute Gasteiger partial charge is 0.378 e. The van der Waals surface area contributed by atoms with Gasteiger partial charge >= 0.3 is 0 Å². The monoisotopic (exact) mass is 371 g/mol. The summed E-state index contributed by atoms with van der Waals surface area (Å²) in [4.78, 5) is 23.1. The quantitative estimate of drug-likeness (QED) is 0.827. The third-order valence-corrected chi connectivity index (χ3v) is 6.16. The van der Waals surface area contributed by atoms with Gasteiger partial charge in [-0.25, -0.2) is 4.98 Å². The summed E-state index contributed by atoms with van der Waals surface area (Å²) >= 11 is 1.55. The first-order valence-electron chi connectivity index (χ1n) is 9.42. The third-order valence-electron chi connectivity index (χ3n) is 5.06. The van der Waals surface area contributed by atoms with E-state index in [0.29, 0.717) is 26.3 Å². The number of piperidine rings is 1. The molecule has 2 saturated heterocycles. The highest BCUT2D eigenvalue weighted by Crippen LogP contribution is 2.35. The maximum Gasteiger partial charge on any atom is 0.266 e. The number of rotatable bonds is 3. The van der Waals surface area contributed by atoms with Crippen molar-refractivity contribution in [3.63, 3.8) is 0 Å². The molecule has 0 spiro atoms. The Morgan fingerprint density at radius 1 is 1.04 bits per heavy atom. The number of morpholine rings is 1. The summed E-state index contributed by atoms with van der Waals surface area (Å²) in [7, 11) is 0. The van der Waals surface area contributed by atoms with Crippen molar-refractivity contribution in [3.05, 3.63) is 34.7 Å². The summed E-state index contributed by atoms with van der Waals surface area (Å²) in [6.45, 7) is 6.68. The lowest BCUT2D eigenvalue weighted by atomic mass is 10.1. The van der Waals surface area contributed by atoms with Crippen LogP contribution in [0.15, 0.2) is 24.3 Å². The molecule has 138 valence electrons. The summed E-state index contributed by atoms with van der Waals surface area (Å²) in [5, 5.41) is 0.983. The first kappa shape index (κ1) is 17.5. The van der Waals surface area contributed by atoms with Gasteiger partial charge in [0.05, 0.1) is 18.9 Å². The first-order valence-corrected chi connectivity index (χ1v) is 10.2. The summed E-state index contributed by atoms with van der Waals surface area (Å²) in [5.74, 6) is 0.0876. The van der Waals surface area contributed by atoms with Crippen LogP contribution in [0.4, 0.5) is 5.13 Å². The average molecular weight is 372 g/mol. The van der Waals surface area contributed by atoms with Gasteiger partial charge in [0.15, 0.2) is 5.13 Å². The number of ether oxygens (including phenoxy) is 1. The Morgan fingerprint density at radius 2 is 1.73 bits per heavy atom. The number of benzene rings is 1. The molecular weight excluding hydrogens is 346 g/mol. The molecule has 3 heterocycles. The average Bonchev–Trinajstić information content (AvgIpc) is 3.15. The zero-order valence-electron chi connectivity index (χ0n) is 15.2. The molecule has 0 radical (unpaired) electrons. The molecule has 2 aromatic rings. The minimum absolute atomic E-state index is 0.0876. The van der Waals surface area contributed by atoms with Crippen LogP contribution in [0.25, 0.3) is 11.3 Å². The van der Waals surface area contributed by atoms with Crippen LogP contribution >= 0.6 is 11.3 Å². The molecule has 5 nitrogen and oxygen atoms in total. The van der Waals surface area contributed by atoms with Gasteiger partial charge in [0, 0.05) is 31.7 Å². The van der Waals surface area contributed by atoms with E-state index < -0.39 is 0 Å². The van der Waals surface area contributed by atoms with Crippen LogP contribution in [-0.2, 0) is 4.74 Å². The number of hydrogen-bond donors (Lipinski definition) is 0. The number of thiazole rings is 1. The van der Waals surface area contributed by atoms with E-state index in [0.717, 1.165) is 34.4 Å². The maximum absolute atomic E-state index is 13.2. The molecule has 0 unspecified atom stereocenters. The lowest BCUT2D eigenvalue weighted by Crippen LogP contribution is -2.40. The number of carbonyl (C=O) groups is 1. The van der Waals surface area contributed by atoms with Crippen LogP contribution in [0, 0.1) is 6.92 Å². The van der Waals surface area contributed by atoms with Gasteiger partial charge in [0.2, 0.25) is 0 Å². The minimum Gasteiger partial charge on any atom is -0.378 e. The van der Waals surface area contributed by atoms with Crippen LogP contribution in [0.1, 0.15) is 34.5 Å². The van der Waals surface area contributed by atoms with E-state index in [1.54, 1.807) is 11.3 Å². The molecule has 1 aromatic heterocycles. The number of carbonyl (C=O) groups excluding carboxylic acids is 1. The summed E-state index contributed by atoms with van der Waals surface area (Å²) in [6, 6.07) is 8.30. The van der Waals surface area contributed by atoms with Crippen molar-refractivity contribution >= 4 is 22.4 Å². The predicted octanol–water partition coefficient (Wildman–Crippen LogP) is 3.58. The Bertz CT molecular complexity index is 760. The molecule has 4 rings (SSSR count). The van der Waals surface area contributed by atoms with Gasteiger partial charge in [0.25, 0.3) is 5.91 Å². The van der Waals surface area contributed by atoms with Crippen LogP contribution in [0.3, 0.4) is 0 Å². The second kappa shape index (κ2) is 7.76. The second-order valence-electron chi connectivity index (χ2n) is 6.99. The highest BCUT2D eigenvalue weighted by Gasteiger charge is 2.27. The Labute approximate surface area is 158 Å². The molecule has 0 saturated carbocycles. The van der Waals surface area contributed by atoms with E-state index in [-0.39, 0.29) is 5.91 Å². The standard InChI is InChI=1S/C20H25N3O2S/c1-15-5-7-16(8-6-15)17-18(19(24)22-11-13-25-14-12-22)26-20(21-17)23-9-3-2-4-10-23/h5-8H,2-4,9-14H2,1H3. The minimum atomic E-state index is 0.0876. The molecule has 1 amide bonds. The number of aromatic nitrogens is 1. The SMILES string of the molecule is Cc1ccc(-c2nc(N3CCCCC3)sc2C(=O)N2CCOCC2)cc1. The van der Waals surface area contributed by atoms with Gasteiger partial charge in [-0.3, -0.25) is 4.79 Å². The number of nitrogens with zero attached hydrogens (tertiary/aromatic N) is 3. The first-order chi connectivity index (χ1) is 12.7. The smallest absolute Gasteiger partial charge is 0.266 e. The zero-order chi connectivity index (χ0) is 17.9. The van der Waals surface area contributed by atoms with E-state index in [2.05, 4.69) is 36.1 Å². The Morgan fingerprint density at radius 3 is 2.42 bits per heavy atom. The van der Waals surface area contributed by atoms with Crippen LogP contribution < -0.4 is 4.90 Å². The zero-order valence-corrected chi connectivity index (χ0v) is 16.1. The van der Waals surface area contributed by atoms with Crippen molar-refractivity contribution in [1.82, 2.24) is 9.88 Å². The molecule has 0 aliphatic carbocycles. The Balaban J connectivity index is 1.70. The van der Waals surface area contributed by atoms with Gasteiger partial charge in [-0.1, -0.05) is 41.2 Å². The van der Waals surface area contributed by atoms with Crippen molar-refractivity contribution in [2.24, 2.45) is 0 Å². The van der Waals surface area contributed by atoms with Gasteiger partial charge in [-0.05, 0) is 26.2 Å². The second-order valence-corrected chi connectivity index (χ2v) is 7.97. The molecule has 2 fully saturated rings.